The second-order valence-electron chi connectivity index (χ2n) is 6.40. The van der Waals surface area contributed by atoms with Crippen molar-refractivity contribution in [3.05, 3.63) is 0 Å². The molecule has 2 saturated heterocycles. The summed E-state index contributed by atoms with van der Waals surface area (Å²) >= 11 is 0. The number of nitrogens with two attached hydrogens (primary N) is 1. The minimum atomic E-state index is -0.198. The number of amides is 2. The van der Waals surface area contributed by atoms with E-state index in [0.29, 0.717) is 5.92 Å². The molecule has 2 N–H and O–H groups in total. The van der Waals surface area contributed by atoms with Gasteiger partial charge in [0.05, 0.1) is 24.0 Å². The number of carbonyl (C=O) groups is 2. The molecule has 19 heavy (non-hydrogen) atoms. The van der Waals surface area contributed by atoms with E-state index in [1.807, 2.05) is 0 Å². The van der Waals surface area contributed by atoms with Gasteiger partial charge >= 0.3 is 0 Å². The smallest absolute Gasteiger partial charge is 0.233 e. The van der Waals surface area contributed by atoms with Crippen LogP contribution < -0.4 is 5.73 Å². The van der Waals surface area contributed by atoms with E-state index in [0.717, 1.165) is 38.7 Å². The second-order valence-corrected chi connectivity index (χ2v) is 6.40. The lowest BCUT2D eigenvalue weighted by molar-refractivity contribution is -0.174. The summed E-state index contributed by atoms with van der Waals surface area (Å²) in [4.78, 5) is 26.4. The highest BCUT2D eigenvalue weighted by atomic mass is 16.5. The number of fused-ring (bicyclic) bond motifs is 2. The van der Waals surface area contributed by atoms with Crippen LogP contribution in [0.1, 0.15) is 32.1 Å². The van der Waals surface area contributed by atoms with Gasteiger partial charge in [0.25, 0.3) is 0 Å². The highest BCUT2D eigenvalue weighted by molar-refractivity contribution is 6.06. The van der Waals surface area contributed by atoms with Crippen molar-refractivity contribution >= 4 is 11.8 Å². The lowest BCUT2D eigenvalue weighted by atomic mass is 9.68. The average Bonchev–Trinajstić information content (AvgIpc) is 2.98. The third-order valence-corrected chi connectivity index (χ3v) is 5.56. The van der Waals surface area contributed by atoms with Crippen LogP contribution in [0.3, 0.4) is 0 Å². The first-order valence-corrected chi connectivity index (χ1v) is 7.44. The summed E-state index contributed by atoms with van der Waals surface area (Å²) in [6.45, 7) is 0.730. The summed E-state index contributed by atoms with van der Waals surface area (Å²) in [6, 6.07) is -0.284. The van der Waals surface area contributed by atoms with E-state index < -0.39 is 0 Å². The molecule has 2 aliphatic heterocycles. The molecule has 2 amide bonds. The van der Waals surface area contributed by atoms with Crippen LogP contribution in [0.4, 0.5) is 0 Å². The Morgan fingerprint density at radius 3 is 2.42 bits per heavy atom. The standard InChI is InChI=1S/C14H20N2O3/c15-10-9-5-2-6-19-12(9)11(10)16-13(17)7-3-1-4-8(7)14(16)18/h7-12H,1-6,15H2. The molecule has 6 atom stereocenters. The average molecular weight is 264 g/mol. The molecular weight excluding hydrogens is 244 g/mol. The topological polar surface area (TPSA) is 72.6 Å². The highest BCUT2D eigenvalue weighted by Gasteiger charge is 2.61. The molecule has 0 bridgehead atoms. The summed E-state index contributed by atoms with van der Waals surface area (Å²) in [5, 5.41) is 0. The monoisotopic (exact) mass is 264 g/mol. The van der Waals surface area contributed by atoms with E-state index in [-0.39, 0.29) is 41.8 Å². The number of hydrogen-bond acceptors (Lipinski definition) is 4. The van der Waals surface area contributed by atoms with Gasteiger partial charge in [-0.05, 0) is 25.7 Å². The molecule has 0 radical (unpaired) electrons. The fraction of sp³-hybridized carbons (Fsp3) is 0.857. The normalized spacial score (nSPS) is 49.0. The number of likely N-dealkylation sites (tertiary alicyclic amines) is 1. The summed E-state index contributed by atoms with van der Waals surface area (Å²) in [6.07, 6.45) is 4.82. The number of rotatable bonds is 1. The molecule has 2 aliphatic carbocycles. The van der Waals surface area contributed by atoms with Crippen molar-refractivity contribution in [2.75, 3.05) is 6.61 Å². The fourth-order valence-electron chi connectivity index (χ4n) is 4.55. The first kappa shape index (κ1) is 11.9. The van der Waals surface area contributed by atoms with Gasteiger partial charge in [-0.25, -0.2) is 0 Å². The Labute approximate surface area is 112 Å². The molecule has 4 aliphatic rings. The van der Waals surface area contributed by atoms with E-state index in [2.05, 4.69) is 0 Å². The van der Waals surface area contributed by atoms with Gasteiger partial charge in [-0.2, -0.15) is 0 Å². The van der Waals surface area contributed by atoms with E-state index in [4.69, 9.17) is 10.5 Å². The zero-order valence-electron chi connectivity index (χ0n) is 11.0. The molecule has 2 saturated carbocycles. The minimum Gasteiger partial charge on any atom is -0.376 e. The number of imide groups is 1. The van der Waals surface area contributed by atoms with Gasteiger partial charge in [-0.3, -0.25) is 14.5 Å². The van der Waals surface area contributed by atoms with E-state index in [9.17, 15) is 9.59 Å². The number of ether oxygens (including phenoxy) is 1. The Kier molecular flexibility index (Phi) is 2.51. The maximum absolute atomic E-state index is 12.4. The predicted octanol–water partition coefficient (Wildman–Crippen LogP) is 0.276. The number of hydrogen-bond donors (Lipinski definition) is 1. The molecule has 0 aromatic carbocycles. The van der Waals surface area contributed by atoms with E-state index in [1.54, 1.807) is 0 Å². The largest absolute Gasteiger partial charge is 0.376 e. The van der Waals surface area contributed by atoms with Crippen molar-refractivity contribution in [3.8, 4) is 0 Å². The Balaban J connectivity index is 1.59. The van der Waals surface area contributed by atoms with Crippen molar-refractivity contribution < 1.29 is 14.3 Å². The molecule has 6 unspecified atom stereocenters. The molecule has 0 spiro atoms. The molecule has 2 heterocycles. The van der Waals surface area contributed by atoms with E-state index >= 15 is 0 Å². The van der Waals surface area contributed by atoms with Crippen LogP contribution >= 0.6 is 0 Å². The molecular formula is C14H20N2O3. The van der Waals surface area contributed by atoms with Crippen LogP contribution in [0.25, 0.3) is 0 Å². The van der Waals surface area contributed by atoms with Crippen LogP contribution in [-0.4, -0.2) is 41.5 Å². The third-order valence-electron chi connectivity index (χ3n) is 5.56. The van der Waals surface area contributed by atoms with Crippen LogP contribution in [0.15, 0.2) is 0 Å². The quantitative estimate of drug-likeness (QED) is 0.690. The molecule has 5 nitrogen and oxygen atoms in total. The van der Waals surface area contributed by atoms with Crippen molar-refractivity contribution in [3.63, 3.8) is 0 Å². The summed E-state index contributed by atoms with van der Waals surface area (Å²) in [5.74, 6) is 0.227. The van der Waals surface area contributed by atoms with Crippen molar-refractivity contribution in [2.24, 2.45) is 23.5 Å². The van der Waals surface area contributed by atoms with Gasteiger partial charge in [-0.15, -0.1) is 0 Å². The van der Waals surface area contributed by atoms with Crippen molar-refractivity contribution in [1.82, 2.24) is 4.90 Å². The Morgan fingerprint density at radius 2 is 1.74 bits per heavy atom. The lowest BCUT2D eigenvalue weighted by Gasteiger charge is -2.54. The maximum atomic E-state index is 12.4. The van der Waals surface area contributed by atoms with Crippen LogP contribution in [0, 0.1) is 17.8 Å². The second kappa shape index (κ2) is 4.03. The Bertz CT molecular complexity index is 416. The maximum Gasteiger partial charge on any atom is 0.233 e. The Morgan fingerprint density at radius 1 is 1.05 bits per heavy atom. The van der Waals surface area contributed by atoms with Crippen molar-refractivity contribution in [2.45, 2.75) is 50.3 Å². The van der Waals surface area contributed by atoms with Gasteiger partial charge in [-0.1, -0.05) is 6.42 Å². The third kappa shape index (κ3) is 1.43. The van der Waals surface area contributed by atoms with Crippen LogP contribution in [0.5, 0.6) is 0 Å². The molecule has 4 rings (SSSR count). The lowest BCUT2D eigenvalue weighted by Crippen LogP contribution is -2.73. The molecule has 4 fully saturated rings. The highest BCUT2D eigenvalue weighted by Crippen LogP contribution is 2.46. The van der Waals surface area contributed by atoms with Gasteiger partial charge in [0.15, 0.2) is 0 Å². The Hall–Kier alpha value is -0.940. The summed E-state index contributed by atoms with van der Waals surface area (Å²) < 4.78 is 5.77. The number of carbonyl (C=O) groups excluding carboxylic acids is 2. The van der Waals surface area contributed by atoms with Crippen molar-refractivity contribution in [1.29, 1.82) is 0 Å². The SMILES string of the molecule is NC1C2CCCOC2C1N1C(=O)C2CCCC2C1=O. The van der Waals surface area contributed by atoms with Gasteiger partial charge in [0.2, 0.25) is 11.8 Å². The molecule has 0 aromatic rings. The first-order valence-electron chi connectivity index (χ1n) is 7.44. The first-order chi connectivity index (χ1) is 9.20. The van der Waals surface area contributed by atoms with Crippen LogP contribution in [0.2, 0.25) is 0 Å². The molecule has 104 valence electrons. The predicted molar refractivity (Wildman–Crippen MR) is 66.9 cm³/mol. The zero-order chi connectivity index (χ0) is 13.1. The molecule has 0 aromatic heterocycles. The summed E-state index contributed by atoms with van der Waals surface area (Å²) in [7, 11) is 0. The van der Waals surface area contributed by atoms with Gasteiger partial charge < -0.3 is 10.5 Å². The van der Waals surface area contributed by atoms with Gasteiger partial charge in [0, 0.05) is 18.6 Å². The van der Waals surface area contributed by atoms with Crippen LogP contribution in [-0.2, 0) is 14.3 Å². The fourth-order valence-corrected chi connectivity index (χ4v) is 4.55. The van der Waals surface area contributed by atoms with Gasteiger partial charge in [0.1, 0.15) is 0 Å². The summed E-state index contributed by atoms with van der Waals surface area (Å²) in [5.41, 5.74) is 6.21. The zero-order valence-corrected chi connectivity index (χ0v) is 11.0. The minimum absolute atomic E-state index is 0.00419. The molecule has 5 heteroatoms. The number of nitrogens with zero attached hydrogens (tertiary/aromatic N) is 1. The van der Waals surface area contributed by atoms with E-state index in [1.165, 1.54) is 4.90 Å².